The van der Waals surface area contributed by atoms with Gasteiger partial charge in [0.2, 0.25) is 0 Å². The van der Waals surface area contributed by atoms with Gasteiger partial charge in [0, 0.05) is 12.1 Å². The van der Waals surface area contributed by atoms with Gasteiger partial charge in [-0.3, -0.25) is 4.98 Å². The number of aromatic nitrogens is 1. The quantitative estimate of drug-likeness (QED) is 0.750. The fraction of sp³-hybridized carbons (Fsp3) is 0.154. The van der Waals surface area contributed by atoms with Crippen molar-refractivity contribution in [2.75, 3.05) is 0 Å². The highest BCUT2D eigenvalue weighted by atomic mass is 35.5. The van der Waals surface area contributed by atoms with Crippen molar-refractivity contribution in [2.24, 2.45) is 0 Å². The summed E-state index contributed by atoms with van der Waals surface area (Å²) in [6.07, 6.45) is 3.40. The molecule has 0 saturated heterocycles. The molecule has 0 aliphatic rings. The van der Waals surface area contributed by atoms with Crippen LogP contribution in [0.4, 0.5) is 0 Å². The lowest BCUT2D eigenvalue weighted by atomic mass is 10.1. The predicted molar refractivity (Wildman–Crippen MR) is 65.0 cm³/mol. The van der Waals surface area contributed by atoms with Crippen LogP contribution in [-0.4, -0.2) is 4.98 Å². The van der Waals surface area contributed by atoms with Crippen LogP contribution in [0.2, 0.25) is 0 Å². The zero-order chi connectivity index (χ0) is 11.4. The molecule has 0 spiro atoms. The lowest BCUT2D eigenvalue weighted by molar-refractivity contribution is 0.479. The fourth-order valence-corrected chi connectivity index (χ4v) is 1.73. The molecular weight excluding hydrogens is 222 g/mol. The molecule has 0 N–H and O–H groups in total. The number of hydrogen-bond acceptors (Lipinski definition) is 2. The molecule has 0 saturated carbocycles. The lowest BCUT2D eigenvalue weighted by Crippen LogP contribution is -1.88. The summed E-state index contributed by atoms with van der Waals surface area (Å²) in [5, 5.41) is 0. The second-order valence-corrected chi connectivity index (χ2v) is 3.78. The molecule has 0 unspecified atom stereocenters. The van der Waals surface area contributed by atoms with Crippen LogP contribution in [0.1, 0.15) is 11.1 Å². The Morgan fingerprint density at radius 3 is 2.75 bits per heavy atom. The molecule has 1 aromatic heterocycles. The van der Waals surface area contributed by atoms with Crippen LogP contribution in [0.5, 0.6) is 11.5 Å². The Kier molecular flexibility index (Phi) is 3.42. The van der Waals surface area contributed by atoms with Crippen molar-refractivity contribution >= 4 is 11.6 Å². The van der Waals surface area contributed by atoms with E-state index in [9.17, 15) is 0 Å². The Hall–Kier alpha value is -1.54. The molecule has 82 valence electrons. The van der Waals surface area contributed by atoms with Gasteiger partial charge in [0.05, 0.1) is 6.20 Å². The van der Waals surface area contributed by atoms with Gasteiger partial charge in [-0.25, -0.2) is 0 Å². The second-order valence-electron chi connectivity index (χ2n) is 3.51. The molecule has 16 heavy (non-hydrogen) atoms. The number of rotatable bonds is 3. The highest BCUT2D eigenvalue weighted by molar-refractivity contribution is 6.17. The van der Waals surface area contributed by atoms with Crippen molar-refractivity contribution in [1.82, 2.24) is 4.98 Å². The minimum atomic E-state index is 0.527. The molecule has 1 aromatic carbocycles. The smallest absolute Gasteiger partial charge is 0.145 e. The van der Waals surface area contributed by atoms with E-state index in [4.69, 9.17) is 16.3 Å². The molecule has 2 aromatic rings. The maximum atomic E-state index is 5.79. The van der Waals surface area contributed by atoms with Crippen molar-refractivity contribution in [2.45, 2.75) is 12.8 Å². The van der Waals surface area contributed by atoms with Crippen molar-refractivity contribution in [3.63, 3.8) is 0 Å². The van der Waals surface area contributed by atoms with Gasteiger partial charge in [0.25, 0.3) is 0 Å². The largest absolute Gasteiger partial charge is 0.456 e. The molecule has 0 fully saturated rings. The van der Waals surface area contributed by atoms with Crippen molar-refractivity contribution in [3.05, 3.63) is 53.9 Å². The van der Waals surface area contributed by atoms with Crippen molar-refractivity contribution < 1.29 is 4.74 Å². The molecule has 0 aliphatic carbocycles. The van der Waals surface area contributed by atoms with Crippen LogP contribution in [0.15, 0.2) is 42.7 Å². The number of nitrogens with zero attached hydrogens (tertiary/aromatic N) is 1. The zero-order valence-corrected chi connectivity index (χ0v) is 9.74. The number of hydrogen-bond donors (Lipinski definition) is 0. The highest BCUT2D eigenvalue weighted by Crippen LogP contribution is 2.23. The monoisotopic (exact) mass is 233 g/mol. The summed E-state index contributed by atoms with van der Waals surface area (Å²) in [7, 11) is 0. The van der Waals surface area contributed by atoms with Crippen molar-refractivity contribution in [1.29, 1.82) is 0 Å². The van der Waals surface area contributed by atoms with Crippen LogP contribution in [-0.2, 0) is 5.88 Å². The third-order valence-corrected chi connectivity index (χ3v) is 2.62. The Morgan fingerprint density at radius 2 is 2.12 bits per heavy atom. The molecule has 2 rings (SSSR count). The zero-order valence-electron chi connectivity index (χ0n) is 8.98. The van der Waals surface area contributed by atoms with Crippen LogP contribution < -0.4 is 4.74 Å². The minimum absolute atomic E-state index is 0.527. The summed E-state index contributed by atoms with van der Waals surface area (Å²) >= 11 is 5.79. The Balaban J connectivity index is 2.20. The molecular formula is C13H12ClNO. The first-order valence-corrected chi connectivity index (χ1v) is 5.56. The van der Waals surface area contributed by atoms with E-state index in [1.54, 1.807) is 12.4 Å². The maximum absolute atomic E-state index is 5.79. The first kappa shape index (κ1) is 11.0. The first-order chi connectivity index (χ1) is 7.79. The molecule has 0 radical (unpaired) electrons. The van der Waals surface area contributed by atoms with E-state index in [0.717, 1.165) is 22.6 Å². The number of alkyl halides is 1. The van der Waals surface area contributed by atoms with Gasteiger partial charge in [-0.2, -0.15) is 0 Å². The SMILES string of the molecule is Cc1cc(Oc2cccnc2)ccc1CCl. The minimum Gasteiger partial charge on any atom is -0.456 e. The lowest BCUT2D eigenvalue weighted by Gasteiger charge is -2.07. The molecule has 0 bridgehead atoms. The molecule has 0 aliphatic heterocycles. The third-order valence-electron chi connectivity index (χ3n) is 2.33. The summed E-state index contributed by atoms with van der Waals surface area (Å²) in [6.45, 7) is 2.02. The summed E-state index contributed by atoms with van der Waals surface area (Å²) < 4.78 is 5.65. The average molecular weight is 234 g/mol. The number of aryl methyl sites for hydroxylation is 1. The number of pyridine rings is 1. The number of benzene rings is 1. The van der Waals surface area contributed by atoms with E-state index in [1.807, 2.05) is 37.3 Å². The molecule has 3 heteroatoms. The van der Waals surface area contributed by atoms with E-state index in [0.29, 0.717) is 5.88 Å². The standard InChI is InChI=1S/C13H12ClNO/c1-10-7-12(5-4-11(10)8-14)16-13-3-2-6-15-9-13/h2-7,9H,8H2,1H3. The summed E-state index contributed by atoms with van der Waals surface area (Å²) in [5.74, 6) is 2.07. The fourth-order valence-electron chi connectivity index (χ4n) is 1.43. The van der Waals surface area contributed by atoms with Crippen LogP contribution >= 0.6 is 11.6 Å². The maximum Gasteiger partial charge on any atom is 0.145 e. The van der Waals surface area contributed by atoms with E-state index in [-0.39, 0.29) is 0 Å². The third kappa shape index (κ3) is 2.52. The van der Waals surface area contributed by atoms with E-state index < -0.39 is 0 Å². The van der Waals surface area contributed by atoms with Gasteiger partial charge >= 0.3 is 0 Å². The summed E-state index contributed by atoms with van der Waals surface area (Å²) in [5.41, 5.74) is 2.26. The second kappa shape index (κ2) is 4.99. The highest BCUT2D eigenvalue weighted by Gasteiger charge is 2.01. The Morgan fingerprint density at radius 1 is 1.25 bits per heavy atom. The topological polar surface area (TPSA) is 22.1 Å². The van der Waals surface area contributed by atoms with Crippen LogP contribution in [0, 0.1) is 6.92 Å². The van der Waals surface area contributed by atoms with Crippen LogP contribution in [0.25, 0.3) is 0 Å². The van der Waals surface area contributed by atoms with E-state index in [2.05, 4.69) is 4.98 Å². The van der Waals surface area contributed by atoms with Crippen molar-refractivity contribution in [3.8, 4) is 11.5 Å². The Labute approximate surface area is 99.9 Å². The predicted octanol–water partition coefficient (Wildman–Crippen LogP) is 3.92. The number of ether oxygens (including phenoxy) is 1. The average Bonchev–Trinajstić information content (AvgIpc) is 2.31. The van der Waals surface area contributed by atoms with E-state index in [1.165, 1.54) is 0 Å². The van der Waals surface area contributed by atoms with Gasteiger partial charge in [-0.05, 0) is 42.3 Å². The normalized spacial score (nSPS) is 10.1. The van der Waals surface area contributed by atoms with Gasteiger partial charge in [0.15, 0.2) is 0 Å². The molecule has 0 atom stereocenters. The molecule has 0 amide bonds. The molecule has 1 heterocycles. The van der Waals surface area contributed by atoms with Gasteiger partial charge in [-0.15, -0.1) is 11.6 Å². The van der Waals surface area contributed by atoms with Gasteiger partial charge in [-0.1, -0.05) is 6.07 Å². The van der Waals surface area contributed by atoms with Crippen LogP contribution in [0.3, 0.4) is 0 Å². The summed E-state index contributed by atoms with van der Waals surface area (Å²) in [6, 6.07) is 9.59. The number of halogens is 1. The first-order valence-electron chi connectivity index (χ1n) is 5.03. The van der Waals surface area contributed by atoms with E-state index >= 15 is 0 Å². The van der Waals surface area contributed by atoms with Gasteiger partial charge in [0.1, 0.15) is 11.5 Å². The Bertz CT molecular complexity index is 471. The summed E-state index contributed by atoms with van der Waals surface area (Å²) in [4.78, 5) is 3.99. The van der Waals surface area contributed by atoms with Gasteiger partial charge < -0.3 is 4.74 Å². The molecule has 2 nitrogen and oxygen atoms in total.